The van der Waals surface area contributed by atoms with Crippen molar-refractivity contribution in [3.8, 4) is 11.5 Å². The molecule has 8 heteroatoms. The third-order valence-corrected chi connectivity index (χ3v) is 5.73. The molecule has 164 valence electrons. The van der Waals surface area contributed by atoms with Gasteiger partial charge in [0.1, 0.15) is 11.5 Å². The molecule has 2 aliphatic heterocycles. The number of likely N-dealkylation sites (tertiary alicyclic amines) is 1. The molecule has 0 bridgehead atoms. The minimum absolute atomic E-state index is 0. The lowest BCUT2D eigenvalue weighted by molar-refractivity contribution is 0.210. The van der Waals surface area contributed by atoms with Crippen LogP contribution in [0.3, 0.4) is 0 Å². The Hall–Kier alpha value is -1.42. The van der Waals surface area contributed by atoms with Crippen LogP contribution in [0, 0.1) is 5.92 Å². The molecule has 1 aromatic rings. The average molecular weight is 517 g/mol. The second-order valence-corrected chi connectivity index (χ2v) is 7.87. The van der Waals surface area contributed by atoms with Gasteiger partial charge in [-0.05, 0) is 38.8 Å². The van der Waals surface area contributed by atoms with Gasteiger partial charge in [-0.1, -0.05) is 0 Å². The van der Waals surface area contributed by atoms with E-state index in [9.17, 15) is 0 Å². The second-order valence-electron chi connectivity index (χ2n) is 7.87. The molecule has 3 rings (SSSR count). The summed E-state index contributed by atoms with van der Waals surface area (Å²) in [7, 11) is 7.43. The summed E-state index contributed by atoms with van der Waals surface area (Å²) in [5, 5.41) is 7.13. The van der Waals surface area contributed by atoms with Gasteiger partial charge in [0, 0.05) is 63.2 Å². The molecule has 2 heterocycles. The van der Waals surface area contributed by atoms with Crippen molar-refractivity contribution < 1.29 is 9.47 Å². The summed E-state index contributed by atoms with van der Waals surface area (Å²) >= 11 is 0. The summed E-state index contributed by atoms with van der Waals surface area (Å²) < 4.78 is 10.8. The Kier molecular flexibility index (Phi) is 9.61. The number of ether oxygens (including phenoxy) is 2. The Morgan fingerprint density at radius 1 is 1.10 bits per heavy atom. The quantitative estimate of drug-likeness (QED) is 0.344. The number of piperidine rings is 1. The topological polar surface area (TPSA) is 61.4 Å². The highest BCUT2D eigenvalue weighted by molar-refractivity contribution is 14.0. The molecule has 0 saturated carbocycles. The Morgan fingerprint density at radius 3 is 2.45 bits per heavy atom. The molecule has 0 radical (unpaired) electrons. The van der Waals surface area contributed by atoms with E-state index >= 15 is 0 Å². The molecular formula is C21H36IN5O2. The molecule has 7 nitrogen and oxygen atoms in total. The van der Waals surface area contributed by atoms with Crippen molar-refractivity contribution in [2.24, 2.45) is 10.9 Å². The van der Waals surface area contributed by atoms with Crippen LogP contribution in [0.15, 0.2) is 23.2 Å². The van der Waals surface area contributed by atoms with E-state index in [2.05, 4.69) is 44.6 Å². The largest absolute Gasteiger partial charge is 0.497 e. The van der Waals surface area contributed by atoms with Gasteiger partial charge in [0.25, 0.3) is 0 Å². The lowest BCUT2D eigenvalue weighted by Crippen LogP contribution is -2.47. The maximum absolute atomic E-state index is 5.41. The lowest BCUT2D eigenvalue weighted by atomic mass is 9.99. The van der Waals surface area contributed by atoms with E-state index < -0.39 is 0 Å². The number of aliphatic imine (C=N–C) groups is 1. The highest BCUT2D eigenvalue weighted by Crippen LogP contribution is 2.30. The highest BCUT2D eigenvalue weighted by atomic mass is 127. The molecule has 2 aliphatic rings. The third-order valence-electron chi connectivity index (χ3n) is 5.73. The number of anilines is 1. The van der Waals surface area contributed by atoms with Crippen LogP contribution < -0.4 is 25.0 Å². The van der Waals surface area contributed by atoms with Crippen LogP contribution in [0.5, 0.6) is 11.5 Å². The number of methoxy groups -OCH3 is 2. The van der Waals surface area contributed by atoms with Gasteiger partial charge in [-0.25, -0.2) is 0 Å². The predicted molar refractivity (Wildman–Crippen MR) is 130 cm³/mol. The zero-order valence-corrected chi connectivity index (χ0v) is 20.4. The van der Waals surface area contributed by atoms with Crippen LogP contribution in [0.4, 0.5) is 5.69 Å². The van der Waals surface area contributed by atoms with Gasteiger partial charge in [-0.2, -0.15) is 0 Å². The van der Waals surface area contributed by atoms with E-state index in [0.717, 1.165) is 49.2 Å². The Balaban J connectivity index is 0.00000300. The fourth-order valence-electron chi connectivity index (χ4n) is 4.16. The van der Waals surface area contributed by atoms with Gasteiger partial charge in [0.15, 0.2) is 5.96 Å². The highest BCUT2D eigenvalue weighted by Gasteiger charge is 2.25. The number of rotatable bonds is 6. The summed E-state index contributed by atoms with van der Waals surface area (Å²) in [6.07, 6.45) is 3.66. The van der Waals surface area contributed by atoms with Crippen LogP contribution in [0.2, 0.25) is 0 Å². The summed E-state index contributed by atoms with van der Waals surface area (Å²) in [4.78, 5) is 9.22. The molecule has 2 N–H and O–H groups in total. The van der Waals surface area contributed by atoms with Gasteiger partial charge in [-0.15, -0.1) is 24.0 Å². The summed E-state index contributed by atoms with van der Waals surface area (Å²) in [6, 6.07) is 6.41. The van der Waals surface area contributed by atoms with Crippen molar-refractivity contribution in [1.29, 1.82) is 0 Å². The van der Waals surface area contributed by atoms with Gasteiger partial charge < -0.3 is 29.9 Å². The molecule has 2 saturated heterocycles. The lowest BCUT2D eigenvalue weighted by Gasteiger charge is -2.30. The van der Waals surface area contributed by atoms with Crippen LogP contribution in [-0.2, 0) is 0 Å². The fraction of sp³-hybridized carbons (Fsp3) is 0.667. The number of hydrogen-bond acceptors (Lipinski definition) is 5. The van der Waals surface area contributed by atoms with Crippen molar-refractivity contribution in [3.05, 3.63) is 18.2 Å². The minimum atomic E-state index is 0. The van der Waals surface area contributed by atoms with Crippen LogP contribution in [0.1, 0.15) is 19.3 Å². The van der Waals surface area contributed by atoms with Crippen molar-refractivity contribution >= 4 is 35.6 Å². The zero-order chi connectivity index (χ0) is 19.9. The van der Waals surface area contributed by atoms with Crippen molar-refractivity contribution in [2.45, 2.75) is 25.3 Å². The zero-order valence-electron chi connectivity index (χ0n) is 18.1. The predicted octanol–water partition coefficient (Wildman–Crippen LogP) is 2.41. The molecule has 2 fully saturated rings. The van der Waals surface area contributed by atoms with Gasteiger partial charge in [-0.3, -0.25) is 4.99 Å². The normalized spacial score (nSPS) is 22.8. The Morgan fingerprint density at radius 2 is 1.83 bits per heavy atom. The van der Waals surface area contributed by atoms with E-state index in [1.165, 1.54) is 25.9 Å². The number of nitrogens with zero attached hydrogens (tertiary/aromatic N) is 3. The molecule has 2 atom stereocenters. The molecule has 0 aliphatic carbocycles. The third kappa shape index (κ3) is 6.80. The van der Waals surface area contributed by atoms with E-state index in [-0.39, 0.29) is 24.0 Å². The van der Waals surface area contributed by atoms with Crippen molar-refractivity contribution in [3.63, 3.8) is 0 Å². The van der Waals surface area contributed by atoms with E-state index in [4.69, 9.17) is 9.47 Å². The number of benzene rings is 1. The molecule has 0 amide bonds. The Bertz CT molecular complexity index is 650. The smallest absolute Gasteiger partial charge is 0.191 e. The number of guanidine groups is 1. The van der Waals surface area contributed by atoms with E-state index in [1.807, 2.05) is 13.1 Å². The summed E-state index contributed by atoms with van der Waals surface area (Å²) in [5.74, 6) is 3.24. The molecule has 1 aromatic carbocycles. The second kappa shape index (κ2) is 11.7. The Labute approximate surface area is 192 Å². The van der Waals surface area contributed by atoms with Crippen LogP contribution in [0.25, 0.3) is 0 Å². The molecule has 2 unspecified atom stereocenters. The molecular weight excluding hydrogens is 481 g/mol. The SMILES string of the molecule is CN=C(NCC1CCCN(C)C1)NC1CCN(c2cc(OC)cc(OC)c2)C1.I. The summed E-state index contributed by atoms with van der Waals surface area (Å²) in [6.45, 7) is 5.30. The van der Waals surface area contributed by atoms with Gasteiger partial charge >= 0.3 is 0 Å². The number of halogens is 1. The minimum Gasteiger partial charge on any atom is -0.497 e. The maximum atomic E-state index is 5.41. The standard InChI is InChI=1S/C21H35N5O2.HI/c1-22-21(23-13-16-6-5-8-25(2)14-16)24-17-7-9-26(15-17)18-10-19(27-3)12-20(11-18)28-4;/h10-12,16-17H,5-9,13-15H2,1-4H3,(H2,22,23,24);1H. The first-order valence-electron chi connectivity index (χ1n) is 10.2. The molecule has 0 aromatic heterocycles. The van der Waals surface area contributed by atoms with Gasteiger partial charge in [0.05, 0.1) is 14.2 Å². The molecule has 29 heavy (non-hydrogen) atoms. The fourth-order valence-corrected chi connectivity index (χ4v) is 4.16. The van der Waals surface area contributed by atoms with Gasteiger partial charge in [0.2, 0.25) is 0 Å². The monoisotopic (exact) mass is 517 g/mol. The van der Waals surface area contributed by atoms with Crippen molar-refractivity contribution in [2.75, 3.05) is 65.9 Å². The number of hydrogen-bond donors (Lipinski definition) is 2. The van der Waals surface area contributed by atoms with Crippen molar-refractivity contribution in [1.82, 2.24) is 15.5 Å². The first-order valence-corrected chi connectivity index (χ1v) is 10.2. The first-order chi connectivity index (χ1) is 13.6. The maximum Gasteiger partial charge on any atom is 0.191 e. The molecule has 0 spiro atoms. The van der Waals surface area contributed by atoms with E-state index in [0.29, 0.717) is 12.0 Å². The number of nitrogens with one attached hydrogen (secondary N) is 2. The first kappa shape index (κ1) is 23.9. The summed E-state index contributed by atoms with van der Waals surface area (Å²) in [5.41, 5.74) is 1.13. The van der Waals surface area contributed by atoms with E-state index in [1.54, 1.807) is 14.2 Å². The van der Waals surface area contributed by atoms with Crippen LogP contribution in [-0.4, -0.2) is 77.9 Å². The average Bonchev–Trinajstić information content (AvgIpc) is 3.19. The van der Waals surface area contributed by atoms with Crippen LogP contribution >= 0.6 is 24.0 Å².